The number of hydrogen-bond donors (Lipinski definition) is 2. The molecule has 2 rings (SSSR count). The zero-order chi connectivity index (χ0) is 24.8. The van der Waals surface area contributed by atoms with E-state index in [4.69, 9.17) is 18.8 Å². The zero-order valence-corrected chi connectivity index (χ0v) is 19.6. The minimum Gasteiger partial charge on any atom is -0.498 e. The maximum atomic E-state index is 12.1. The molecule has 0 saturated carbocycles. The number of carbonyl (C=O) groups excluding carboxylic acids is 4. The number of nitrogens with one attached hydrogen (secondary N) is 2. The standard InChI is InChI=1S/C22H32BN3O8/c1-26-14-19(27)33-23(34-20(28)15-26)11-13-24-18(21(29)31-2)10-6-7-12-25-22(30)32-16-17-8-4-3-5-9-17/h3-5,8-9,18,24H,6-7,10-16H2,1-2H3,(H,25,30)/t18-/m0/s1. The molecule has 1 aliphatic rings. The van der Waals surface area contributed by atoms with Crippen molar-refractivity contribution in [3.05, 3.63) is 35.9 Å². The molecule has 12 heteroatoms. The lowest BCUT2D eigenvalue weighted by Gasteiger charge is -2.23. The third-order valence-electron chi connectivity index (χ3n) is 4.98. The van der Waals surface area contributed by atoms with Crippen LogP contribution >= 0.6 is 0 Å². The minimum absolute atomic E-state index is 0.00233. The van der Waals surface area contributed by atoms with Gasteiger partial charge in [-0.1, -0.05) is 30.3 Å². The topological polar surface area (TPSA) is 132 Å². The fraction of sp³-hybridized carbons (Fsp3) is 0.545. The van der Waals surface area contributed by atoms with Crippen LogP contribution in [-0.4, -0.2) is 82.4 Å². The van der Waals surface area contributed by atoms with Crippen LogP contribution in [0.25, 0.3) is 0 Å². The number of esters is 1. The van der Waals surface area contributed by atoms with Gasteiger partial charge in [0.1, 0.15) is 12.6 Å². The Balaban J connectivity index is 1.65. The van der Waals surface area contributed by atoms with Gasteiger partial charge in [0.25, 0.3) is 0 Å². The Morgan fingerprint density at radius 1 is 1.09 bits per heavy atom. The number of likely N-dealkylation sites (N-methyl/N-ethyl adjacent to an activating group) is 1. The van der Waals surface area contributed by atoms with E-state index in [9.17, 15) is 19.2 Å². The number of alkyl carbamates (subject to hydrolysis) is 1. The summed E-state index contributed by atoms with van der Waals surface area (Å²) >= 11 is 0. The highest BCUT2D eigenvalue weighted by Gasteiger charge is 2.31. The molecule has 11 nitrogen and oxygen atoms in total. The van der Waals surface area contributed by atoms with Gasteiger partial charge < -0.3 is 29.4 Å². The second-order valence-corrected chi connectivity index (χ2v) is 7.88. The summed E-state index contributed by atoms with van der Waals surface area (Å²) in [6.45, 7) is 0.869. The smallest absolute Gasteiger partial charge is 0.498 e. The largest absolute Gasteiger partial charge is 0.599 e. The van der Waals surface area contributed by atoms with Gasteiger partial charge in [-0.15, -0.1) is 0 Å². The molecule has 0 aromatic heterocycles. The zero-order valence-electron chi connectivity index (χ0n) is 19.6. The summed E-state index contributed by atoms with van der Waals surface area (Å²) in [6.07, 6.45) is 1.46. The first kappa shape index (κ1) is 27.1. The maximum Gasteiger partial charge on any atom is 0.599 e. The molecule has 1 fully saturated rings. The molecule has 0 radical (unpaired) electrons. The maximum absolute atomic E-state index is 12.1. The highest BCUT2D eigenvalue weighted by atomic mass is 16.6. The summed E-state index contributed by atoms with van der Waals surface area (Å²) in [6, 6.07) is 8.80. The van der Waals surface area contributed by atoms with Gasteiger partial charge in [-0.25, -0.2) is 4.79 Å². The number of benzene rings is 1. The Labute approximate surface area is 199 Å². The van der Waals surface area contributed by atoms with Crippen LogP contribution in [0.5, 0.6) is 0 Å². The molecule has 34 heavy (non-hydrogen) atoms. The van der Waals surface area contributed by atoms with Crippen LogP contribution in [0.2, 0.25) is 6.32 Å². The minimum atomic E-state index is -1.01. The van der Waals surface area contributed by atoms with Crippen LogP contribution in [0.4, 0.5) is 4.79 Å². The van der Waals surface area contributed by atoms with E-state index in [0.717, 1.165) is 5.56 Å². The lowest BCUT2D eigenvalue weighted by Crippen LogP contribution is -2.44. The molecule has 1 heterocycles. The summed E-state index contributed by atoms with van der Waals surface area (Å²) in [4.78, 5) is 48.9. The van der Waals surface area contributed by atoms with E-state index >= 15 is 0 Å². The van der Waals surface area contributed by atoms with Crippen molar-refractivity contribution in [1.29, 1.82) is 0 Å². The van der Waals surface area contributed by atoms with Gasteiger partial charge in [-0.05, 0) is 38.4 Å². The van der Waals surface area contributed by atoms with Crippen molar-refractivity contribution in [3.8, 4) is 0 Å². The first-order valence-electron chi connectivity index (χ1n) is 11.2. The SMILES string of the molecule is COC(=O)[C@H](CCCCNC(=O)OCc1ccccc1)NCCB1OC(=O)CN(C)CC(=O)O1. The summed E-state index contributed by atoms with van der Waals surface area (Å²) in [5.74, 6) is -1.40. The van der Waals surface area contributed by atoms with Crippen LogP contribution in [0, 0.1) is 0 Å². The summed E-state index contributed by atoms with van der Waals surface area (Å²) in [7, 11) is 1.91. The number of hydrogen-bond acceptors (Lipinski definition) is 10. The first-order chi connectivity index (χ1) is 16.4. The van der Waals surface area contributed by atoms with Crippen molar-refractivity contribution in [2.24, 2.45) is 0 Å². The van der Waals surface area contributed by atoms with Gasteiger partial charge >= 0.3 is 31.1 Å². The van der Waals surface area contributed by atoms with E-state index in [1.807, 2.05) is 30.3 Å². The fourth-order valence-corrected chi connectivity index (χ4v) is 3.27. The van der Waals surface area contributed by atoms with E-state index in [2.05, 4.69) is 10.6 Å². The quantitative estimate of drug-likeness (QED) is 0.252. The Hall–Kier alpha value is -3.12. The van der Waals surface area contributed by atoms with Gasteiger partial charge in [0.15, 0.2) is 0 Å². The predicted octanol–water partition coefficient (Wildman–Crippen LogP) is 0.734. The second-order valence-electron chi connectivity index (χ2n) is 7.88. The van der Waals surface area contributed by atoms with Crippen molar-refractivity contribution >= 4 is 31.1 Å². The Kier molecular flexibility index (Phi) is 11.9. The first-order valence-corrected chi connectivity index (χ1v) is 11.2. The van der Waals surface area contributed by atoms with Crippen LogP contribution < -0.4 is 10.6 Å². The molecule has 186 valence electrons. The average molecular weight is 477 g/mol. The van der Waals surface area contributed by atoms with Gasteiger partial charge in [0.2, 0.25) is 0 Å². The molecular weight excluding hydrogens is 445 g/mol. The monoisotopic (exact) mass is 477 g/mol. The third-order valence-corrected chi connectivity index (χ3v) is 4.98. The predicted molar refractivity (Wildman–Crippen MR) is 123 cm³/mol. The fourth-order valence-electron chi connectivity index (χ4n) is 3.27. The van der Waals surface area contributed by atoms with Crippen molar-refractivity contribution in [3.63, 3.8) is 0 Å². The van der Waals surface area contributed by atoms with Crippen LogP contribution in [0.3, 0.4) is 0 Å². The van der Waals surface area contributed by atoms with E-state index in [1.165, 1.54) is 12.0 Å². The average Bonchev–Trinajstić information content (AvgIpc) is 2.80. The van der Waals surface area contributed by atoms with Crippen LogP contribution in [-0.2, 0) is 39.8 Å². The van der Waals surface area contributed by atoms with Crippen molar-refractivity contribution in [2.45, 2.75) is 38.2 Å². The lowest BCUT2D eigenvalue weighted by atomic mass is 9.84. The number of carbonyl (C=O) groups is 4. The molecule has 0 spiro atoms. The van der Waals surface area contributed by atoms with Crippen molar-refractivity contribution in [1.82, 2.24) is 15.5 Å². The van der Waals surface area contributed by atoms with Crippen LogP contribution in [0.1, 0.15) is 24.8 Å². The van der Waals surface area contributed by atoms with E-state index in [1.54, 1.807) is 7.05 Å². The number of unbranched alkanes of at least 4 members (excludes halogenated alkanes) is 1. The van der Waals surface area contributed by atoms with E-state index < -0.39 is 37.2 Å². The van der Waals surface area contributed by atoms with E-state index in [0.29, 0.717) is 25.8 Å². The highest BCUT2D eigenvalue weighted by molar-refractivity contribution is 6.49. The van der Waals surface area contributed by atoms with Crippen LogP contribution in [0.15, 0.2) is 30.3 Å². The summed E-state index contributed by atoms with van der Waals surface area (Å²) in [5, 5.41) is 5.73. The normalized spacial score (nSPS) is 15.4. The molecule has 0 unspecified atom stereocenters. The molecule has 1 amide bonds. The summed E-state index contributed by atoms with van der Waals surface area (Å²) in [5.41, 5.74) is 0.904. The van der Waals surface area contributed by atoms with Gasteiger partial charge in [0, 0.05) is 12.9 Å². The molecule has 2 N–H and O–H groups in total. The molecule has 1 aliphatic heterocycles. The molecule has 0 aliphatic carbocycles. The molecule has 1 saturated heterocycles. The number of rotatable bonds is 12. The lowest BCUT2D eigenvalue weighted by molar-refractivity contribution is -0.146. The number of ether oxygens (including phenoxy) is 2. The number of amides is 1. The van der Waals surface area contributed by atoms with Crippen molar-refractivity contribution < 1.29 is 38.0 Å². The number of methoxy groups -OCH3 is 1. The van der Waals surface area contributed by atoms with Crippen molar-refractivity contribution in [2.75, 3.05) is 40.3 Å². The Morgan fingerprint density at radius 3 is 2.41 bits per heavy atom. The highest BCUT2D eigenvalue weighted by Crippen LogP contribution is 2.07. The molecule has 1 atom stereocenters. The van der Waals surface area contributed by atoms with Gasteiger partial charge in [-0.3, -0.25) is 19.3 Å². The van der Waals surface area contributed by atoms with E-state index in [-0.39, 0.29) is 32.6 Å². The second kappa shape index (κ2) is 14.9. The molecule has 1 aromatic rings. The third kappa shape index (κ3) is 10.7. The molecular formula is C22H32BN3O8. The Morgan fingerprint density at radius 2 is 1.76 bits per heavy atom. The number of nitrogens with zero attached hydrogens (tertiary/aromatic N) is 1. The molecule has 0 bridgehead atoms. The Bertz CT molecular complexity index is 791. The molecule has 1 aromatic carbocycles. The van der Waals surface area contributed by atoms with Gasteiger partial charge in [-0.2, -0.15) is 0 Å². The van der Waals surface area contributed by atoms with Gasteiger partial charge in [0.05, 0.1) is 20.2 Å². The summed E-state index contributed by atoms with van der Waals surface area (Å²) < 4.78 is 20.3.